The summed E-state index contributed by atoms with van der Waals surface area (Å²) < 4.78 is 40.6. The molecule has 168 valence electrons. The summed E-state index contributed by atoms with van der Waals surface area (Å²) in [4.78, 5) is 0. The van der Waals surface area contributed by atoms with E-state index in [0.29, 0.717) is 24.0 Å². The van der Waals surface area contributed by atoms with E-state index >= 15 is 0 Å². The van der Waals surface area contributed by atoms with Crippen molar-refractivity contribution in [2.24, 2.45) is 11.8 Å². The number of benzene rings is 1. The van der Waals surface area contributed by atoms with Crippen molar-refractivity contribution in [2.45, 2.75) is 90.1 Å². The van der Waals surface area contributed by atoms with Crippen LogP contribution in [0.4, 0.5) is 8.78 Å². The minimum absolute atomic E-state index is 0.0419. The van der Waals surface area contributed by atoms with Crippen molar-refractivity contribution in [1.29, 1.82) is 0 Å². The molecule has 0 amide bonds. The number of hydrogen-bond donors (Lipinski definition) is 0. The second-order valence-corrected chi connectivity index (χ2v) is 9.02. The molecule has 3 rings (SSSR count). The maximum atomic E-state index is 14.7. The van der Waals surface area contributed by atoms with Crippen LogP contribution in [0.5, 0.6) is 5.75 Å². The molecule has 1 heterocycles. The van der Waals surface area contributed by atoms with Crippen LogP contribution in [0.2, 0.25) is 0 Å². The fourth-order valence-electron chi connectivity index (χ4n) is 4.93. The van der Waals surface area contributed by atoms with Crippen LogP contribution in [0.1, 0.15) is 89.5 Å². The van der Waals surface area contributed by atoms with Gasteiger partial charge in [-0.05, 0) is 80.8 Å². The fraction of sp³-hybridized carbons (Fsp3) is 0.692. The van der Waals surface area contributed by atoms with Gasteiger partial charge >= 0.3 is 0 Å². The summed E-state index contributed by atoms with van der Waals surface area (Å²) in [6.07, 6.45) is 15.2. The van der Waals surface area contributed by atoms with E-state index < -0.39 is 11.6 Å². The van der Waals surface area contributed by atoms with Crippen molar-refractivity contribution in [1.82, 2.24) is 0 Å². The highest BCUT2D eigenvalue weighted by atomic mass is 19.2. The number of halogens is 2. The Morgan fingerprint density at radius 1 is 0.967 bits per heavy atom. The summed E-state index contributed by atoms with van der Waals surface area (Å²) in [6, 6.07) is 3.35. The molecule has 2 unspecified atom stereocenters. The van der Waals surface area contributed by atoms with Crippen LogP contribution in [0.3, 0.4) is 0 Å². The Morgan fingerprint density at radius 2 is 1.73 bits per heavy atom. The van der Waals surface area contributed by atoms with Crippen LogP contribution in [0, 0.1) is 23.5 Å². The molecule has 1 aromatic rings. The highest BCUT2D eigenvalue weighted by molar-refractivity contribution is 5.33. The lowest BCUT2D eigenvalue weighted by Gasteiger charge is -2.37. The van der Waals surface area contributed by atoms with Crippen molar-refractivity contribution in [3.8, 4) is 5.75 Å². The lowest BCUT2D eigenvalue weighted by atomic mass is 9.72. The average molecular weight is 421 g/mol. The van der Waals surface area contributed by atoms with E-state index in [4.69, 9.17) is 9.47 Å². The second-order valence-electron chi connectivity index (χ2n) is 9.02. The molecule has 0 spiro atoms. The van der Waals surface area contributed by atoms with E-state index in [-0.39, 0.29) is 17.8 Å². The smallest absolute Gasteiger partial charge is 0.200 e. The largest absolute Gasteiger partial charge is 0.490 e. The highest BCUT2D eigenvalue weighted by Gasteiger charge is 2.32. The lowest BCUT2D eigenvalue weighted by molar-refractivity contribution is -0.0150. The minimum Gasteiger partial charge on any atom is -0.490 e. The molecule has 1 saturated carbocycles. The fourth-order valence-corrected chi connectivity index (χ4v) is 4.93. The molecule has 1 saturated heterocycles. The minimum atomic E-state index is -0.825. The predicted molar refractivity (Wildman–Crippen MR) is 118 cm³/mol. The summed E-state index contributed by atoms with van der Waals surface area (Å²) in [6.45, 7) is 5.50. The number of allylic oxidation sites excluding steroid dienone is 1. The number of hydrogen-bond acceptors (Lipinski definition) is 2. The molecule has 2 fully saturated rings. The standard InChI is InChI=1S/C26H38F2O2/c1-3-5-7-8-22-14-13-21(18-30-22)19-9-11-20(12-10-19)23-15-16-24(26(28)25(23)27)29-17-6-4-2/h7-8,15-16,19-22H,3-6,9-14,17-18H2,1-2H3. The van der Waals surface area contributed by atoms with Crippen molar-refractivity contribution in [3.63, 3.8) is 0 Å². The van der Waals surface area contributed by atoms with Gasteiger partial charge in [0.25, 0.3) is 0 Å². The quantitative estimate of drug-likeness (QED) is 0.303. The van der Waals surface area contributed by atoms with E-state index in [9.17, 15) is 8.78 Å². The molecular weight excluding hydrogens is 382 g/mol. The monoisotopic (exact) mass is 420 g/mol. The first-order valence-electron chi connectivity index (χ1n) is 12.0. The van der Waals surface area contributed by atoms with Crippen molar-refractivity contribution < 1.29 is 18.3 Å². The Balaban J connectivity index is 1.49. The molecule has 2 aliphatic rings. The van der Waals surface area contributed by atoms with Gasteiger partial charge in [-0.3, -0.25) is 0 Å². The van der Waals surface area contributed by atoms with Gasteiger partial charge < -0.3 is 9.47 Å². The normalized spacial score (nSPS) is 27.5. The zero-order valence-corrected chi connectivity index (χ0v) is 18.7. The Kier molecular flexibility index (Phi) is 9.17. The molecular formula is C26H38F2O2. The van der Waals surface area contributed by atoms with Gasteiger partial charge in [0.15, 0.2) is 11.6 Å². The van der Waals surface area contributed by atoms with Crippen LogP contribution in [-0.2, 0) is 4.74 Å². The number of ether oxygens (including phenoxy) is 2. The summed E-state index contributed by atoms with van der Waals surface area (Å²) in [5, 5.41) is 0. The van der Waals surface area contributed by atoms with Crippen LogP contribution in [0.25, 0.3) is 0 Å². The Bertz CT molecular complexity index is 672. The first-order chi connectivity index (χ1) is 14.6. The molecule has 2 nitrogen and oxygen atoms in total. The van der Waals surface area contributed by atoms with Gasteiger partial charge in [0, 0.05) is 0 Å². The molecule has 1 aromatic carbocycles. The molecule has 0 bridgehead atoms. The first-order valence-corrected chi connectivity index (χ1v) is 12.0. The van der Waals surface area contributed by atoms with Gasteiger partial charge in [0.2, 0.25) is 5.82 Å². The summed E-state index contributed by atoms with van der Waals surface area (Å²) >= 11 is 0. The zero-order valence-electron chi connectivity index (χ0n) is 18.7. The molecule has 1 aliphatic heterocycles. The molecule has 2 atom stereocenters. The van der Waals surface area contributed by atoms with Gasteiger partial charge in [-0.1, -0.05) is 44.9 Å². The lowest BCUT2D eigenvalue weighted by Crippen LogP contribution is -2.31. The Morgan fingerprint density at radius 3 is 2.40 bits per heavy atom. The molecule has 1 aliphatic carbocycles. The topological polar surface area (TPSA) is 18.5 Å². The van der Waals surface area contributed by atoms with E-state index in [1.807, 2.05) is 6.92 Å². The van der Waals surface area contributed by atoms with Crippen molar-refractivity contribution in [2.75, 3.05) is 13.2 Å². The third-order valence-corrected chi connectivity index (χ3v) is 6.86. The van der Waals surface area contributed by atoms with Gasteiger partial charge in [0.05, 0.1) is 19.3 Å². The third-order valence-electron chi connectivity index (χ3n) is 6.86. The zero-order chi connectivity index (χ0) is 21.3. The van der Waals surface area contributed by atoms with Crippen LogP contribution in [-0.4, -0.2) is 19.3 Å². The van der Waals surface area contributed by atoms with E-state index in [0.717, 1.165) is 58.0 Å². The van der Waals surface area contributed by atoms with Crippen LogP contribution in [0.15, 0.2) is 24.3 Å². The Hall–Kier alpha value is -1.42. The maximum absolute atomic E-state index is 14.7. The molecule has 30 heavy (non-hydrogen) atoms. The number of unbranched alkanes of at least 4 members (excludes halogenated alkanes) is 2. The van der Waals surface area contributed by atoms with Crippen molar-refractivity contribution >= 4 is 0 Å². The predicted octanol–water partition coefficient (Wildman–Crippen LogP) is 7.57. The van der Waals surface area contributed by atoms with Crippen LogP contribution >= 0.6 is 0 Å². The highest BCUT2D eigenvalue weighted by Crippen LogP contribution is 2.42. The number of rotatable bonds is 9. The summed E-state index contributed by atoms with van der Waals surface area (Å²) in [7, 11) is 0. The van der Waals surface area contributed by atoms with Gasteiger partial charge in [-0.25, -0.2) is 4.39 Å². The van der Waals surface area contributed by atoms with E-state index in [1.165, 1.54) is 12.8 Å². The van der Waals surface area contributed by atoms with Gasteiger partial charge in [-0.2, -0.15) is 4.39 Å². The summed E-state index contributed by atoms with van der Waals surface area (Å²) in [5.74, 6) is -0.136. The van der Waals surface area contributed by atoms with Crippen LogP contribution < -0.4 is 4.74 Å². The van der Waals surface area contributed by atoms with Gasteiger partial charge in [0.1, 0.15) is 0 Å². The van der Waals surface area contributed by atoms with E-state index in [1.54, 1.807) is 12.1 Å². The third kappa shape index (κ3) is 6.06. The molecule has 0 aromatic heterocycles. The molecule has 4 heteroatoms. The van der Waals surface area contributed by atoms with E-state index in [2.05, 4.69) is 19.1 Å². The second kappa shape index (κ2) is 11.8. The average Bonchev–Trinajstić information content (AvgIpc) is 2.78. The first kappa shape index (κ1) is 23.2. The van der Waals surface area contributed by atoms with Crippen molar-refractivity contribution in [3.05, 3.63) is 41.5 Å². The summed E-state index contributed by atoms with van der Waals surface area (Å²) in [5.41, 5.74) is 0.523. The SMILES string of the molecule is CCCC=CC1CCC(C2CCC(c3ccc(OCCCC)c(F)c3F)CC2)CO1. The maximum Gasteiger partial charge on any atom is 0.200 e. The van der Waals surface area contributed by atoms with Gasteiger partial charge in [-0.15, -0.1) is 0 Å². The molecule has 0 radical (unpaired) electrons. The Labute approximate surface area is 181 Å². The molecule has 0 N–H and O–H groups in total.